The van der Waals surface area contributed by atoms with Gasteiger partial charge >= 0.3 is 19.8 Å². The fourth-order valence-corrected chi connectivity index (χ4v) is 7.15. The van der Waals surface area contributed by atoms with Crippen LogP contribution >= 0.6 is 7.82 Å². The van der Waals surface area contributed by atoms with Gasteiger partial charge in [0.1, 0.15) is 6.61 Å². The van der Waals surface area contributed by atoms with Crippen LogP contribution in [0.15, 0.2) is 60.8 Å². The molecule has 0 aliphatic rings. The summed E-state index contributed by atoms with van der Waals surface area (Å²) in [5, 5.41) is 0. The Hall–Kier alpha value is -2.29. The number of phosphoric acid groups is 1. The Morgan fingerprint density at radius 2 is 0.932 bits per heavy atom. The number of hydrogen-bond donors (Lipinski definition) is 2. The normalized spacial score (nSPS) is 13.8. The monoisotopic (exact) mass is 850 g/mol. The van der Waals surface area contributed by atoms with Crippen LogP contribution in [0.5, 0.6) is 0 Å². The molecule has 0 saturated heterocycles. The summed E-state index contributed by atoms with van der Waals surface area (Å²) in [6.45, 7) is 3.61. The quantitative estimate of drug-likeness (QED) is 0.0266. The van der Waals surface area contributed by atoms with Crippen molar-refractivity contribution in [3.63, 3.8) is 0 Å². The molecule has 0 amide bonds. The number of esters is 2. The van der Waals surface area contributed by atoms with Crippen LogP contribution in [-0.2, 0) is 32.7 Å². The lowest BCUT2D eigenvalue weighted by molar-refractivity contribution is -0.161. The van der Waals surface area contributed by atoms with E-state index in [9.17, 15) is 19.0 Å². The Labute approximate surface area is 361 Å². The summed E-state index contributed by atoms with van der Waals surface area (Å²) in [6.07, 6.45) is 53.9. The number of rotatable bonds is 44. The van der Waals surface area contributed by atoms with Gasteiger partial charge in [-0.1, -0.05) is 177 Å². The summed E-state index contributed by atoms with van der Waals surface area (Å²) in [4.78, 5) is 35.0. The van der Waals surface area contributed by atoms with Crippen molar-refractivity contribution in [3.8, 4) is 0 Å². The van der Waals surface area contributed by atoms with E-state index in [0.717, 1.165) is 83.5 Å². The summed E-state index contributed by atoms with van der Waals surface area (Å²) in [6, 6.07) is 0. The zero-order valence-corrected chi connectivity index (χ0v) is 38.6. The average Bonchev–Trinajstić information content (AvgIpc) is 3.22. The minimum absolute atomic E-state index is 0.0483. The van der Waals surface area contributed by atoms with Crippen LogP contribution in [-0.4, -0.2) is 49.3 Å². The van der Waals surface area contributed by atoms with Crippen molar-refractivity contribution in [3.05, 3.63) is 60.8 Å². The number of hydrogen-bond acceptors (Lipinski definition) is 8. The summed E-state index contributed by atoms with van der Waals surface area (Å²) < 4.78 is 32.9. The smallest absolute Gasteiger partial charge is 0.462 e. The van der Waals surface area contributed by atoms with E-state index in [1.165, 1.54) is 89.9 Å². The molecule has 9 nitrogen and oxygen atoms in total. The summed E-state index contributed by atoms with van der Waals surface area (Å²) in [5.41, 5.74) is 5.36. The number of nitrogens with two attached hydrogens (primary N) is 1. The van der Waals surface area contributed by atoms with Crippen molar-refractivity contribution in [1.29, 1.82) is 0 Å². The van der Waals surface area contributed by atoms with Gasteiger partial charge in [0.2, 0.25) is 0 Å². The molecule has 0 fully saturated rings. The predicted molar refractivity (Wildman–Crippen MR) is 247 cm³/mol. The van der Waals surface area contributed by atoms with E-state index in [0.29, 0.717) is 6.42 Å². The fraction of sp³-hybridized carbons (Fsp3) is 0.755. The third-order valence-corrected chi connectivity index (χ3v) is 10.9. The molecule has 0 aromatic rings. The third-order valence-electron chi connectivity index (χ3n) is 9.89. The van der Waals surface area contributed by atoms with Crippen molar-refractivity contribution in [2.45, 2.75) is 213 Å². The van der Waals surface area contributed by atoms with Crippen LogP contribution in [0.25, 0.3) is 0 Å². The standard InChI is InChI=1S/C49H88NO8P/c1-3-5-7-9-11-13-15-17-19-21-23-25-27-29-31-33-35-37-39-41-48(51)55-45-47(46-57-59(53,54)56-44-43-50)58-49(52)42-40-38-36-34-32-30-28-26-24-22-20-18-16-14-12-10-8-6-4-2/h6,8,12,14,17-20,24,26,47H,3-5,7,9-11,13,15-16,21-23,25,27-46,50H2,1-2H3,(H,53,54)/b8-6-,14-12-,19-17-,20-18-,26-24-. The van der Waals surface area contributed by atoms with E-state index >= 15 is 0 Å². The first kappa shape index (κ1) is 56.7. The third kappa shape index (κ3) is 45.1. The van der Waals surface area contributed by atoms with Crippen LogP contribution in [0.4, 0.5) is 0 Å². The van der Waals surface area contributed by atoms with Gasteiger partial charge < -0.3 is 20.1 Å². The number of phosphoric ester groups is 1. The molecule has 2 unspecified atom stereocenters. The van der Waals surface area contributed by atoms with E-state index < -0.39 is 26.5 Å². The molecule has 0 spiro atoms. The summed E-state index contributed by atoms with van der Waals surface area (Å²) >= 11 is 0. The van der Waals surface area contributed by atoms with Gasteiger partial charge in [0, 0.05) is 19.4 Å². The van der Waals surface area contributed by atoms with E-state index in [2.05, 4.69) is 74.6 Å². The lowest BCUT2D eigenvalue weighted by atomic mass is 10.1. The van der Waals surface area contributed by atoms with E-state index in [1.807, 2.05) is 0 Å². The molecule has 0 heterocycles. The number of carbonyl (C=O) groups excluding carboxylic acids is 2. The lowest BCUT2D eigenvalue weighted by Crippen LogP contribution is -2.29. The number of unbranched alkanes of at least 4 members (excludes halogenated alkanes) is 21. The van der Waals surface area contributed by atoms with Crippen molar-refractivity contribution in [2.75, 3.05) is 26.4 Å². The molecule has 0 radical (unpaired) electrons. The average molecular weight is 850 g/mol. The molecule has 0 aromatic carbocycles. The largest absolute Gasteiger partial charge is 0.472 e. The second-order valence-electron chi connectivity index (χ2n) is 15.6. The van der Waals surface area contributed by atoms with Gasteiger partial charge in [0.25, 0.3) is 0 Å². The van der Waals surface area contributed by atoms with Gasteiger partial charge in [-0.05, 0) is 77.0 Å². The Morgan fingerprint density at radius 1 is 0.525 bits per heavy atom. The number of carbonyl (C=O) groups is 2. The van der Waals surface area contributed by atoms with Crippen molar-refractivity contribution < 1.29 is 37.6 Å². The Morgan fingerprint density at radius 3 is 1.41 bits per heavy atom. The molecule has 0 aliphatic carbocycles. The highest BCUT2D eigenvalue weighted by Gasteiger charge is 2.26. The second kappa shape index (κ2) is 45.2. The highest BCUT2D eigenvalue weighted by Crippen LogP contribution is 2.43. The van der Waals surface area contributed by atoms with Crippen LogP contribution in [0, 0.1) is 0 Å². The topological polar surface area (TPSA) is 134 Å². The molecule has 2 atom stereocenters. The first-order valence-corrected chi connectivity index (χ1v) is 25.3. The predicted octanol–water partition coefficient (Wildman–Crippen LogP) is 14.1. The zero-order valence-electron chi connectivity index (χ0n) is 37.7. The van der Waals surface area contributed by atoms with Gasteiger partial charge in [-0.25, -0.2) is 4.57 Å². The van der Waals surface area contributed by atoms with E-state index in [1.54, 1.807) is 0 Å². The molecule has 0 aromatic heterocycles. The van der Waals surface area contributed by atoms with Crippen molar-refractivity contribution in [1.82, 2.24) is 0 Å². The maximum Gasteiger partial charge on any atom is 0.472 e. The lowest BCUT2D eigenvalue weighted by Gasteiger charge is -2.19. The molecule has 0 bridgehead atoms. The summed E-state index contributed by atoms with van der Waals surface area (Å²) in [5.74, 6) is -0.846. The van der Waals surface area contributed by atoms with Crippen molar-refractivity contribution in [2.24, 2.45) is 5.73 Å². The van der Waals surface area contributed by atoms with Crippen LogP contribution in [0.1, 0.15) is 206 Å². The van der Waals surface area contributed by atoms with Crippen molar-refractivity contribution >= 4 is 19.8 Å². The molecule has 0 saturated carbocycles. The van der Waals surface area contributed by atoms with Gasteiger partial charge in [0.15, 0.2) is 6.10 Å². The summed E-state index contributed by atoms with van der Waals surface area (Å²) in [7, 11) is -4.39. The van der Waals surface area contributed by atoms with Crippen LogP contribution in [0.3, 0.4) is 0 Å². The van der Waals surface area contributed by atoms with E-state index in [4.69, 9.17) is 24.3 Å². The number of allylic oxidation sites excluding steroid dienone is 10. The Balaban J connectivity index is 4.13. The molecule has 3 N–H and O–H groups in total. The molecular formula is C49H88NO8P. The highest BCUT2D eigenvalue weighted by atomic mass is 31.2. The van der Waals surface area contributed by atoms with Crippen LogP contribution in [0.2, 0.25) is 0 Å². The fourth-order valence-electron chi connectivity index (χ4n) is 6.39. The Bertz CT molecular complexity index is 1150. The van der Waals surface area contributed by atoms with Gasteiger partial charge in [-0.2, -0.15) is 0 Å². The molecule has 10 heteroatoms. The van der Waals surface area contributed by atoms with Gasteiger partial charge in [-0.3, -0.25) is 18.6 Å². The Kier molecular flexibility index (Phi) is 43.5. The number of ether oxygens (including phenoxy) is 2. The molecule has 0 rings (SSSR count). The maximum atomic E-state index is 12.6. The molecule has 59 heavy (non-hydrogen) atoms. The first-order valence-electron chi connectivity index (χ1n) is 23.8. The first-order chi connectivity index (χ1) is 28.8. The molecule has 342 valence electrons. The second-order valence-corrected chi connectivity index (χ2v) is 17.0. The zero-order chi connectivity index (χ0) is 43.2. The highest BCUT2D eigenvalue weighted by molar-refractivity contribution is 7.47. The minimum Gasteiger partial charge on any atom is -0.462 e. The SMILES string of the molecule is CC/C=C\C/C=C\C/C=C\C/C=C\CCCCCCCCC(=O)OC(COC(=O)CCCCCCCCCCC/C=C\CCCCCCCC)COP(=O)(O)OCCN. The van der Waals surface area contributed by atoms with Gasteiger partial charge in [0.05, 0.1) is 13.2 Å². The van der Waals surface area contributed by atoms with Crippen LogP contribution < -0.4 is 5.73 Å². The minimum atomic E-state index is -4.39. The maximum absolute atomic E-state index is 12.6. The molecular weight excluding hydrogens is 762 g/mol. The van der Waals surface area contributed by atoms with E-state index in [-0.39, 0.29) is 38.6 Å². The van der Waals surface area contributed by atoms with Gasteiger partial charge in [-0.15, -0.1) is 0 Å². The molecule has 0 aliphatic heterocycles.